The Labute approximate surface area is 146 Å². The smallest absolute Gasteiger partial charge is 0.320 e. The zero-order valence-corrected chi connectivity index (χ0v) is 14.5. The van der Waals surface area contributed by atoms with Crippen LogP contribution in [0.4, 0.5) is 16.4 Å². The number of benzene rings is 1. The molecule has 3 rings (SSSR count). The molecule has 0 fully saturated rings. The molecule has 0 aliphatic rings. The number of aromatic amines is 1. The van der Waals surface area contributed by atoms with Crippen molar-refractivity contribution in [1.82, 2.24) is 20.5 Å². The maximum atomic E-state index is 12.2. The van der Waals surface area contributed by atoms with Gasteiger partial charge in [0, 0.05) is 18.3 Å². The Morgan fingerprint density at radius 2 is 1.92 bits per heavy atom. The van der Waals surface area contributed by atoms with Crippen molar-refractivity contribution in [2.75, 3.05) is 10.6 Å². The van der Waals surface area contributed by atoms with Crippen LogP contribution < -0.4 is 16.0 Å². The van der Waals surface area contributed by atoms with Gasteiger partial charge < -0.3 is 10.6 Å². The molecule has 0 saturated heterocycles. The maximum Gasteiger partial charge on any atom is 0.320 e. The van der Waals surface area contributed by atoms with Gasteiger partial charge in [0.15, 0.2) is 5.82 Å². The van der Waals surface area contributed by atoms with E-state index in [4.69, 9.17) is 0 Å². The average molecular weight is 338 g/mol. The van der Waals surface area contributed by atoms with Crippen molar-refractivity contribution in [1.29, 1.82) is 0 Å². The summed E-state index contributed by atoms with van der Waals surface area (Å²) in [6, 6.07) is 11.4. The number of carbonyl (C=O) groups excluding carboxylic acids is 1. The first kappa shape index (κ1) is 16.8. The number of aromatic nitrogens is 3. The molecular formula is C18H22N6O. The molecule has 3 aromatic rings. The number of anilines is 2. The van der Waals surface area contributed by atoms with Crippen molar-refractivity contribution in [3.63, 3.8) is 0 Å². The molecule has 1 aromatic carbocycles. The SMILES string of the molecule is CC(C)Nc1n[nH]c2cc(NC(=O)NC(C)c3ccccc3)ncc12. The monoisotopic (exact) mass is 338 g/mol. The number of carbonyl (C=O) groups is 1. The molecule has 1 unspecified atom stereocenters. The molecule has 0 saturated carbocycles. The van der Waals surface area contributed by atoms with Gasteiger partial charge >= 0.3 is 6.03 Å². The zero-order valence-electron chi connectivity index (χ0n) is 14.5. The maximum absolute atomic E-state index is 12.2. The Hall–Kier alpha value is -3.09. The first-order valence-electron chi connectivity index (χ1n) is 8.26. The third-order valence-corrected chi connectivity index (χ3v) is 3.76. The van der Waals surface area contributed by atoms with Crippen LogP contribution in [0, 0.1) is 0 Å². The van der Waals surface area contributed by atoms with Crippen LogP contribution >= 0.6 is 0 Å². The molecule has 0 bridgehead atoms. The summed E-state index contributed by atoms with van der Waals surface area (Å²) < 4.78 is 0. The average Bonchev–Trinajstić information content (AvgIpc) is 2.97. The fourth-order valence-corrected chi connectivity index (χ4v) is 2.54. The molecular weight excluding hydrogens is 316 g/mol. The van der Waals surface area contributed by atoms with Gasteiger partial charge in [-0.2, -0.15) is 5.10 Å². The molecule has 0 aliphatic carbocycles. The molecule has 0 aliphatic heterocycles. The highest BCUT2D eigenvalue weighted by Crippen LogP contribution is 2.22. The predicted octanol–water partition coefficient (Wildman–Crippen LogP) is 3.66. The Kier molecular flexibility index (Phi) is 4.83. The second kappa shape index (κ2) is 7.21. The van der Waals surface area contributed by atoms with E-state index in [2.05, 4.69) is 31.1 Å². The first-order chi connectivity index (χ1) is 12.0. The number of nitrogens with zero attached hydrogens (tertiary/aromatic N) is 2. The minimum absolute atomic E-state index is 0.0982. The molecule has 7 nitrogen and oxygen atoms in total. The number of fused-ring (bicyclic) bond motifs is 1. The highest BCUT2D eigenvalue weighted by atomic mass is 16.2. The molecule has 25 heavy (non-hydrogen) atoms. The van der Waals surface area contributed by atoms with E-state index in [-0.39, 0.29) is 18.1 Å². The summed E-state index contributed by atoms with van der Waals surface area (Å²) in [4.78, 5) is 16.5. The van der Waals surface area contributed by atoms with Gasteiger partial charge in [0.1, 0.15) is 5.82 Å². The summed E-state index contributed by atoms with van der Waals surface area (Å²) in [5, 5.41) is 17.0. The number of nitrogens with one attached hydrogen (secondary N) is 4. The third-order valence-electron chi connectivity index (χ3n) is 3.76. The number of urea groups is 1. The predicted molar refractivity (Wildman–Crippen MR) is 99.7 cm³/mol. The van der Waals surface area contributed by atoms with Gasteiger partial charge in [-0.25, -0.2) is 9.78 Å². The van der Waals surface area contributed by atoms with Crippen LogP contribution in [-0.4, -0.2) is 27.3 Å². The van der Waals surface area contributed by atoms with Crippen LogP contribution in [0.15, 0.2) is 42.6 Å². The van der Waals surface area contributed by atoms with Gasteiger partial charge in [-0.15, -0.1) is 0 Å². The quantitative estimate of drug-likeness (QED) is 0.571. The summed E-state index contributed by atoms with van der Waals surface area (Å²) in [6.07, 6.45) is 1.69. The highest BCUT2D eigenvalue weighted by Gasteiger charge is 2.12. The highest BCUT2D eigenvalue weighted by molar-refractivity contribution is 5.94. The van der Waals surface area contributed by atoms with Gasteiger partial charge in [-0.05, 0) is 26.3 Å². The molecule has 7 heteroatoms. The van der Waals surface area contributed by atoms with E-state index in [1.807, 2.05) is 51.1 Å². The molecule has 1 atom stereocenters. The largest absolute Gasteiger partial charge is 0.366 e. The van der Waals surface area contributed by atoms with Crippen molar-refractivity contribution in [3.8, 4) is 0 Å². The number of amides is 2. The lowest BCUT2D eigenvalue weighted by molar-refractivity contribution is 0.249. The van der Waals surface area contributed by atoms with Crippen LogP contribution in [0.3, 0.4) is 0 Å². The summed E-state index contributed by atoms with van der Waals surface area (Å²) in [5.74, 6) is 1.22. The number of hydrogen-bond donors (Lipinski definition) is 4. The van der Waals surface area contributed by atoms with Crippen LogP contribution in [0.1, 0.15) is 32.4 Å². The first-order valence-corrected chi connectivity index (χ1v) is 8.26. The number of pyridine rings is 1. The lowest BCUT2D eigenvalue weighted by atomic mass is 10.1. The number of rotatable bonds is 5. The second-order valence-corrected chi connectivity index (χ2v) is 6.22. The molecule has 4 N–H and O–H groups in total. The van der Waals surface area contributed by atoms with Crippen molar-refractivity contribution < 1.29 is 4.79 Å². The van der Waals surface area contributed by atoms with Crippen molar-refractivity contribution >= 4 is 28.6 Å². The summed E-state index contributed by atoms with van der Waals surface area (Å²) >= 11 is 0. The molecule has 2 amide bonds. The zero-order chi connectivity index (χ0) is 17.8. The van der Waals surface area contributed by atoms with Crippen LogP contribution in [0.5, 0.6) is 0 Å². The van der Waals surface area contributed by atoms with Crippen molar-refractivity contribution in [3.05, 3.63) is 48.2 Å². The molecule has 0 spiro atoms. The van der Waals surface area contributed by atoms with Crippen LogP contribution in [-0.2, 0) is 0 Å². The van der Waals surface area contributed by atoms with Crippen LogP contribution in [0.25, 0.3) is 10.9 Å². The Bertz CT molecular complexity index is 858. The lowest BCUT2D eigenvalue weighted by Gasteiger charge is -2.14. The van der Waals surface area contributed by atoms with E-state index in [0.29, 0.717) is 5.82 Å². The van der Waals surface area contributed by atoms with Crippen molar-refractivity contribution in [2.24, 2.45) is 0 Å². The van der Waals surface area contributed by atoms with Gasteiger partial charge in [0.2, 0.25) is 0 Å². The molecule has 2 aromatic heterocycles. The summed E-state index contributed by atoms with van der Waals surface area (Å²) in [5.41, 5.74) is 1.85. The summed E-state index contributed by atoms with van der Waals surface area (Å²) in [7, 11) is 0. The van der Waals surface area contributed by atoms with E-state index in [9.17, 15) is 4.79 Å². The fourth-order valence-electron chi connectivity index (χ4n) is 2.54. The molecule has 130 valence electrons. The Morgan fingerprint density at radius 1 is 1.16 bits per heavy atom. The van der Waals surface area contributed by atoms with E-state index >= 15 is 0 Å². The Morgan fingerprint density at radius 3 is 2.64 bits per heavy atom. The minimum atomic E-state index is -0.303. The van der Waals surface area contributed by atoms with Gasteiger partial charge in [0.05, 0.1) is 16.9 Å². The lowest BCUT2D eigenvalue weighted by Crippen LogP contribution is -2.31. The fraction of sp³-hybridized carbons (Fsp3) is 0.278. The minimum Gasteiger partial charge on any atom is -0.366 e. The standard InChI is InChI=1S/C18H22N6O/c1-11(2)20-17-14-10-19-16(9-15(14)23-24-17)22-18(25)21-12(3)13-7-5-4-6-8-13/h4-12H,1-3H3,(H2,20,23,24)(H2,19,21,22,25). The summed E-state index contributed by atoms with van der Waals surface area (Å²) in [6.45, 7) is 6.02. The number of H-pyrrole nitrogens is 1. The third kappa shape index (κ3) is 4.06. The second-order valence-electron chi connectivity index (χ2n) is 6.22. The van der Waals surface area contributed by atoms with E-state index in [0.717, 1.165) is 22.3 Å². The van der Waals surface area contributed by atoms with E-state index in [1.165, 1.54) is 0 Å². The molecule has 2 heterocycles. The van der Waals surface area contributed by atoms with Gasteiger partial charge in [-0.3, -0.25) is 10.4 Å². The van der Waals surface area contributed by atoms with E-state index in [1.54, 1.807) is 12.3 Å². The van der Waals surface area contributed by atoms with E-state index < -0.39 is 0 Å². The van der Waals surface area contributed by atoms with Crippen molar-refractivity contribution in [2.45, 2.75) is 32.9 Å². The molecule has 0 radical (unpaired) electrons. The topological polar surface area (TPSA) is 94.7 Å². The van der Waals surface area contributed by atoms with Crippen LogP contribution in [0.2, 0.25) is 0 Å². The Balaban J connectivity index is 1.67. The van der Waals surface area contributed by atoms with Gasteiger partial charge in [-0.1, -0.05) is 30.3 Å². The normalized spacial score (nSPS) is 12.2. The number of hydrogen-bond acceptors (Lipinski definition) is 4. The van der Waals surface area contributed by atoms with Gasteiger partial charge in [0.25, 0.3) is 0 Å².